The van der Waals surface area contributed by atoms with Crippen molar-refractivity contribution in [3.05, 3.63) is 27.7 Å². The third-order valence-corrected chi connectivity index (χ3v) is 5.50. The second kappa shape index (κ2) is 5.81. The molecule has 1 atom stereocenters. The summed E-state index contributed by atoms with van der Waals surface area (Å²) in [5.41, 5.74) is 1.12. The molecule has 0 aromatic heterocycles. The SMILES string of the molecule is CCC(C)(C)C(Br)c1cc(Cl)c(OC)cc1Cl. The molecule has 1 aromatic carbocycles. The summed E-state index contributed by atoms with van der Waals surface area (Å²) in [5, 5.41) is 1.26. The van der Waals surface area contributed by atoms with Gasteiger partial charge in [0, 0.05) is 15.9 Å². The monoisotopic (exact) mass is 338 g/mol. The van der Waals surface area contributed by atoms with E-state index in [1.807, 2.05) is 6.07 Å². The minimum absolute atomic E-state index is 0.113. The third kappa shape index (κ3) is 3.30. The second-order valence-electron chi connectivity index (χ2n) is 4.71. The predicted molar refractivity (Wildman–Crippen MR) is 78.8 cm³/mol. The highest BCUT2D eigenvalue weighted by atomic mass is 79.9. The van der Waals surface area contributed by atoms with Crippen molar-refractivity contribution < 1.29 is 4.74 Å². The number of ether oxygens (including phenoxy) is 1. The molecule has 4 heteroatoms. The topological polar surface area (TPSA) is 9.23 Å². The zero-order valence-electron chi connectivity index (χ0n) is 10.5. The molecule has 1 rings (SSSR count). The zero-order valence-corrected chi connectivity index (χ0v) is 13.6. The number of hydrogen-bond acceptors (Lipinski definition) is 1. The minimum Gasteiger partial charge on any atom is -0.495 e. The summed E-state index contributed by atoms with van der Waals surface area (Å²) in [6, 6.07) is 3.64. The first kappa shape index (κ1) is 15.1. The summed E-state index contributed by atoms with van der Waals surface area (Å²) >= 11 is 16.1. The van der Waals surface area contributed by atoms with Crippen LogP contribution in [-0.4, -0.2) is 7.11 Å². The Labute approximate surface area is 122 Å². The molecule has 0 spiro atoms. The summed E-state index contributed by atoms with van der Waals surface area (Å²) in [5.74, 6) is 0.606. The Hall–Kier alpha value is 0.0800. The Balaban J connectivity index is 3.19. The van der Waals surface area contributed by atoms with E-state index in [2.05, 4.69) is 36.7 Å². The zero-order chi connectivity index (χ0) is 13.2. The predicted octanol–water partition coefficient (Wildman–Crippen LogP) is 5.87. The average molecular weight is 340 g/mol. The summed E-state index contributed by atoms with van der Waals surface area (Å²) in [6.07, 6.45) is 1.04. The summed E-state index contributed by atoms with van der Waals surface area (Å²) in [4.78, 5) is 0.163. The van der Waals surface area contributed by atoms with E-state index < -0.39 is 0 Å². The number of rotatable bonds is 4. The van der Waals surface area contributed by atoms with Gasteiger partial charge in [-0.2, -0.15) is 0 Å². The van der Waals surface area contributed by atoms with Crippen molar-refractivity contribution in [3.63, 3.8) is 0 Å². The van der Waals surface area contributed by atoms with E-state index in [0.717, 1.165) is 12.0 Å². The molecular formula is C13H17BrCl2O. The van der Waals surface area contributed by atoms with Gasteiger partial charge in [0.05, 0.1) is 12.1 Å². The van der Waals surface area contributed by atoms with E-state index in [-0.39, 0.29) is 10.2 Å². The molecule has 0 heterocycles. The molecule has 17 heavy (non-hydrogen) atoms. The fourth-order valence-corrected chi connectivity index (χ4v) is 2.84. The van der Waals surface area contributed by atoms with Crippen LogP contribution in [0.3, 0.4) is 0 Å². The number of hydrogen-bond donors (Lipinski definition) is 0. The first-order valence-corrected chi connectivity index (χ1v) is 7.17. The fraction of sp³-hybridized carbons (Fsp3) is 0.538. The Morgan fingerprint density at radius 2 is 1.88 bits per heavy atom. The average Bonchev–Trinajstić information content (AvgIpc) is 2.30. The maximum atomic E-state index is 6.27. The van der Waals surface area contributed by atoms with Crippen LogP contribution in [-0.2, 0) is 0 Å². The van der Waals surface area contributed by atoms with E-state index in [1.165, 1.54) is 0 Å². The third-order valence-electron chi connectivity index (χ3n) is 3.14. The number of alkyl halides is 1. The minimum atomic E-state index is 0.113. The van der Waals surface area contributed by atoms with Crippen molar-refractivity contribution in [2.24, 2.45) is 5.41 Å². The van der Waals surface area contributed by atoms with Gasteiger partial charge in [0.2, 0.25) is 0 Å². The molecule has 0 aliphatic rings. The quantitative estimate of drug-likeness (QED) is 0.623. The summed E-state index contributed by atoms with van der Waals surface area (Å²) in [6.45, 7) is 6.55. The molecule has 96 valence electrons. The van der Waals surface area contributed by atoms with E-state index in [9.17, 15) is 0 Å². The van der Waals surface area contributed by atoms with Gasteiger partial charge in [-0.3, -0.25) is 0 Å². The Morgan fingerprint density at radius 3 is 2.35 bits per heavy atom. The largest absolute Gasteiger partial charge is 0.495 e. The van der Waals surface area contributed by atoms with Crippen LogP contribution in [0.4, 0.5) is 0 Å². The van der Waals surface area contributed by atoms with Crippen LogP contribution in [0.15, 0.2) is 12.1 Å². The molecule has 0 fully saturated rings. The molecule has 0 aliphatic heterocycles. The molecule has 0 bridgehead atoms. The first-order chi connectivity index (χ1) is 7.83. The highest BCUT2D eigenvalue weighted by Gasteiger charge is 2.29. The molecule has 1 aromatic rings. The standard InChI is InChI=1S/C13H17BrCl2O/c1-5-13(2,3)12(14)8-6-10(16)11(17-4)7-9(8)15/h6-7,12H,5H2,1-4H3. The summed E-state index contributed by atoms with van der Waals surface area (Å²) < 4.78 is 5.14. The molecule has 0 saturated carbocycles. The molecule has 0 radical (unpaired) electrons. The molecule has 0 aliphatic carbocycles. The van der Waals surface area contributed by atoms with Crippen molar-refractivity contribution in [1.29, 1.82) is 0 Å². The van der Waals surface area contributed by atoms with Gasteiger partial charge < -0.3 is 4.74 Å². The number of methoxy groups -OCH3 is 1. The van der Waals surface area contributed by atoms with Crippen LogP contribution in [0.2, 0.25) is 10.0 Å². The van der Waals surface area contributed by atoms with Crippen molar-refractivity contribution in [2.75, 3.05) is 7.11 Å². The van der Waals surface area contributed by atoms with Crippen LogP contribution in [0, 0.1) is 5.41 Å². The molecule has 0 amide bonds. The van der Waals surface area contributed by atoms with Crippen molar-refractivity contribution in [3.8, 4) is 5.75 Å². The van der Waals surface area contributed by atoms with Gasteiger partial charge in [0.15, 0.2) is 0 Å². The van der Waals surface area contributed by atoms with E-state index >= 15 is 0 Å². The van der Waals surface area contributed by atoms with E-state index in [1.54, 1.807) is 13.2 Å². The van der Waals surface area contributed by atoms with Crippen LogP contribution in [0.1, 0.15) is 37.6 Å². The Morgan fingerprint density at radius 1 is 1.29 bits per heavy atom. The van der Waals surface area contributed by atoms with Gasteiger partial charge in [-0.1, -0.05) is 59.9 Å². The fourth-order valence-electron chi connectivity index (χ4n) is 1.49. The van der Waals surface area contributed by atoms with Crippen molar-refractivity contribution in [2.45, 2.75) is 32.0 Å². The number of benzene rings is 1. The van der Waals surface area contributed by atoms with Gasteiger partial charge >= 0.3 is 0 Å². The first-order valence-electron chi connectivity index (χ1n) is 5.50. The van der Waals surface area contributed by atoms with Gasteiger partial charge in [0.25, 0.3) is 0 Å². The lowest BCUT2D eigenvalue weighted by Crippen LogP contribution is -2.16. The maximum Gasteiger partial charge on any atom is 0.138 e. The van der Waals surface area contributed by atoms with Crippen LogP contribution in [0.25, 0.3) is 0 Å². The second-order valence-corrected chi connectivity index (χ2v) is 6.44. The lowest BCUT2D eigenvalue weighted by atomic mass is 9.83. The number of halogens is 3. The van der Waals surface area contributed by atoms with Crippen molar-refractivity contribution in [1.82, 2.24) is 0 Å². The van der Waals surface area contributed by atoms with Crippen LogP contribution in [0.5, 0.6) is 5.75 Å². The van der Waals surface area contributed by atoms with E-state index in [0.29, 0.717) is 15.8 Å². The highest BCUT2D eigenvalue weighted by Crippen LogP contribution is 2.47. The molecular weight excluding hydrogens is 323 g/mol. The smallest absolute Gasteiger partial charge is 0.138 e. The van der Waals surface area contributed by atoms with Gasteiger partial charge in [0.1, 0.15) is 5.75 Å². The molecule has 1 unspecified atom stereocenters. The van der Waals surface area contributed by atoms with E-state index in [4.69, 9.17) is 27.9 Å². The van der Waals surface area contributed by atoms with Crippen LogP contribution >= 0.6 is 39.1 Å². The van der Waals surface area contributed by atoms with Crippen LogP contribution < -0.4 is 4.74 Å². The lowest BCUT2D eigenvalue weighted by Gasteiger charge is -2.30. The maximum absolute atomic E-state index is 6.27. The lowest BCUT2D eigenvalue weighted by molar-refractivity contribution is 0.345. The van der Waals surface area contributed by atoms with Gasteiger partial charge in [-0.05, 0) is 23.5 Å². The molecule has 0 saturated heterocycles. The Kier molecular flexibility index (Phi) is 5.18. The van der Waals surface area contributed by atoms with Crippen molar-refractivity contribution >= 4 is 39.1 Å². The normalized spacial score (nSPS) is 13.6. The molecule has 0 N–H and O–H groups in total. The van der Waals surface area contributed by atoms with Gasteiger partial charge in [-0.15, -0.1) is 0 Å². The molecule has 1 nitrogen and oxygen atoms in total. The highest BCUT2D eigenvalue weighted by molar-refractivity contribution is 9.09. The van der Waals surface area contributed by atoms with Gasteiger partial charge in [-0.25, -0.2) is 0 Å². The summed E-state index contributed by atoms with van der Waals surface area (Å²) in [7, 11) is 1.58. The Bertz CT molecular complexity index is 405.